The van der Waals surface area contributed by atoms with E-state index in [0.717, 1.165) is 21.7 Å². The van der Waals surface area contributed by atoms with E-state index in [4.69, 9.17) is 11.6 Å². The van der Waals surface area contributed by atoms with Crippen LogP contribution in [-0.4, -0.2) is 35.0 Å². The number of aryl methyl sites for hydroxylation is 2. The third-order valence-corrected chi connectivity index (χ3v) is 8.81. The highest BCUT2D eigenvalue weighted by molar-refractivity contribution is 7.92. The first-order valence-electron chi connectivity index (χ1n) is 11.0. The summed E-state index contributed by atoms with van der Waals surface area (Å²) in [6.45, 7) is 6.97. The van der Waals surface area contributed by atoms with Crippen molar-refractivity contribution >= 4 is 54.6 Å². The molecule has 0 aliphatic carbocycles. The van der Waals surface area contributed by atoms with Gasteiger partial charge in [-0.3, -0.25) is 13.8 Å². The van der Waals surface area contributed by atoms with Crippen molar-refractivity contribution in [2.24, 2.45) is 0 Å². The summed E-state index contributed by atoms with van der Waals surface area (Å²) < 4.78 is 54.2. The van der Waals surface area contributed by atoms with Crippen molar-refractivity contribution < 1.29 is 21.6 Å². The first-order valence-corrected chi connectivity index (χ1v) is 14.7. The summed E-state index contributed by atoms with van der Waals surface area (Å²) in [6.07, 6.45) is 1.04. The molecule has 8 nitrogen and oxygen atoms in total. The zero-order chi connectivity index (χ0) is 26.8. The first kappa shape index (κ1) is 27.5. The van der Waals surface area contributed by atoms with Crippen LogP contribution in [-0.2, 0) is 24.8 Å². The van der Waals surface area contributed by atoms with Gasteiger partial charge < -0.3 is 5.32 Å². The lowest BCUT2D eigenvalue weighted by Crippen LogP contribution is -2.45. The number of hydrogen-bond donors (Lipinski definition) is 2. The second-order valence-corrected chi connectivity index (χ2v) is 12.5. The summed E-state index contributed by atoms with van der Waals surface area (Å²) in [5.41, 5.74) is 3.55. The van der Waals surface area contributed by atoms with E-state index in [1.54, 1.807) is 43.3 Å². The van der Waals surface area contributed by atoms with Gasteiger partial charge in [0.15, 0.2) is 0 Å². The van der Waals surface area contributed by atoms with Crippen LogP contribution >= 0.6 is 11.6 Å². The molecule has 0 heterocycles. The standard InChI is InChI=1S/C25H28ClN3O5S2/c1-16-9-12-21(15-17(16)2)29(35(5,31)32)19(4)25(30)27-20-10-13-22(14-11-20)36(33,34)28-24-8-6-7-23(26)18(24)3/h6-15,19,28H,1-5H3,(H,27,30)/t19-/m1/s1. The van der Waals surface area contributed by atoms with Gasteiger partial charge in [0.1, 0.15) is 6.04 Å². The van der Waals surface area contributed by atoms with Crippen LogP contribution in [0.5, 0.6) is 0 Å². The number of halogens is 1. The van der Waals surface area contributed by atoms with Crippen LogP contribution in [0.15, 0.2) is 65.6 Å². The van der Waals surface area contributed by atoms with Gasteiger partial charge in [-0.2, -0.15) is 0 Å². The molecule has 3 aromatic carbocycles. The number of rotatable bonds is 8. The number of anilines is 3. The molecule has 192 valence electrons. The van der Waals surface area contributed by atoms with E-state index in [0.29, 0.717) is 27.6 Å². The molecule has 3 aromatic rings. The number of sulfonamides is 2. The smallest absolute Gasteiger partial charge is 0.261 e. The highest BCUT2D eigenvalue weighted by Gasteiger charge is 2.29. The van der Waals surface area contributed by atoms with Gasteiger partial charge in [-0.15, -0.1) is 0 Å². The molecule has 2 N–H and O–H groups in total. The molecule has 0 aromatic heterocycles. The van der Waals surface area contributed by atoms with Crippen molar-refractivity contribution in [3.05, 3.63) is 82.4 Å². The van der Waals surface area contributed by atoms with Gasteiger partial charge in [0, 0.05) is 10.7 Å². The van der Waals surface area contributed by atoms with Gasteiger partial charge >= 0.3 is 0 Å². The number of amides is 1. The third kappa shape index (κ3) is 6.18. The number of carbonyl (C=O) groups excluding carboxylic acids is 1. The first-order chi connectivity index (χ1) is 16.7. The fourth-order valence-corrected chi connectivity index (χ4v) is 6.02. The van der Waals surface area contributed by atoms with Crippen LogP contribution in [0.4, 0.5) is 17.1 Å². The molecule has 0 saturated heterocycles. The third-order valence-electron chi connectivity index (χ3n) is 5.78. The molecule has 3 rings (SSSR count). The summed E-state index contributed by atoms with van der Waals surface area (Å²) in [4.78, 5) is 12.9. The number of benzene rings is 3. The number of carbonyl (C=O) groups is 1. The maximum atomic E-state index is 13.0. The van der Waals surface area contributed by atoms with Gasteiger partial charge in [-0.1, -0.05) is 23.7 Å². The largest absolute Gasteiger partial charge is 0.324 e. The molecule has 11 heteroatoms. The fourth-order valence-electron chi connectivity index (χ4n) is 3.56. The van der Waals surface area contributed by atoms with Crippen molar-refractivity contribution in [2.45, 2.75) is 38.6 Å². The molecule has 1 amide bonds. The molecule has 0 spiro atoms. The summed E-state index contributed by atoms with van der Waals surface area (Å²) in [5, 5.41) is 3.09. The second kappa shape index (κ2) is 10.5. The quantitative estimate of drug-likeness (QED) is 0.416. The minimum Gasteiger partial charge on any atom is -0.324 e. The fraction of sp³-hybridized carbons (Fsp3) is 0.240. The Morgan fingerprint density at radius 2 is 1.56 bits per heavy atom. The zero-order valence-corrected chi connectivity index (χ0v) is 22.9. The summed E-state index contributed by atoms with van der Waals surface area (Å²) in [6, 6.07) is 14.6. The summed E-state index contributed by atoms with van der Waals surface area (Å²) >= 11 is 6.07. The molecular weight excluding hydrogens is 522 g/mol. The average Bonchev–Trinajstić information content (AvgIpc) is 2.78. The maximum Gasteiger partial charge on any atom is 0.261 e. The van der Waals surface area contributed by atoms with E-state index in [9.17, 15) is 21.6 Å². The minimum atomic E-state index is -3.90. The zero-order valence-electron chi connectivity index (χ0n) is 20.5. The topological polar surface area (TPSA) is 113 Å². The lowest BCUT2D eigenvalue weighted by Gasteiger charge is -2.28. The lowest BCUT2D eigenvalue weighted by molar-refractivity contribution is -0.116. The van der Waals surface area contributed by atoms with E-state index in [-0.39, 0.29) is 4.90 Å². The highest BCUT2D eigenvalue weighted by Crippen LogP contribution is 2.27. The molecule has 0 unspecified atom stereocenters. The van der Waals surface area contributed by atoms with Crippen molar-refractivity contribution in [3.8, 4) is 0 Å². The Morgan fingerprint density at radius 1 is 0.917 bits per heavy atom. The molecule has 0 saturated carbocycles. The molecule has 0 aliphatic heterocycles. The van der Waals surface area contributed by atoms with Crippen LogP contribution in [0.3, 0.4) is 0 Å². The van der Waals surface area contributed by atoms with Crippen LogP contribution in [0.2, 0.25) is 5.02 Å². The number of hydrogen-bond acceptors (Lipinski definition) is 5. The minimum absolute atomic E-state index is 0.0131. The van der Waals surface area contributed by atoms with Crippen molar-refractivity contribution in [1.29, 1.82) is 0 Å². The molecule has 1 atom stereocenters. The van der Waals surface area contributed by atoms with E-state index in [1.807, 2.05) is 13.8 Å². The lowest BCUT2D eigenvalue weighted by atomic mass is 10.1. The molecule has 0 aliphatic rings. The molecule has 36 heavy (non-hydrogen) atoms. The maximum absolute atomic E-state index is 13.0. The Balaban J connectivity index is 1.79. The van der Waals surface area contributed by atoms with Crippen molar-refractivity contribution in [3.63, 3.8) is 0 Å². The molecule has 0 radical (unpaired) electrons. The Morgan fingerprint density at radius 3 is 2.14 bits per heavy atom. The SMILES string of the molecule is Cc1ccc(N([C@H](C)C(=O)Nc2ccc(S(=O)(=O)Nc3cccc(Cl)c3C)cc2)S(C)(=O)=O)cc1C. The molecule has 0 bridgehead atoms. The monoisotopic (exact) mass is 549 g/mol. The van der Waals surface area contributed by atoms with Crippen LogP contribution in [0.25, 0.3) is 0 Å². The molecule has 0 fully saturated rings. The van der Waals surface area contributed by atoms with Crippen LogP contribution in [0, 0.1) is 20.8 Å². The van der Waals surface area contributed by atoms with Crippen molar-refractivity contribution in [2.75, 3.05) is 20.6 Å². The van der Waals surface area contributed by atoms with Gasteiger partial charge in [-0.05, 0) is 92.9 Å². The Labute approximate surface area is 217 Å². The Hall–Kier alpha value is -3.08. The van der Waals surface area contributed by atoms with E-state index in [1.165, 1.54) is 31.2 Å². The highest BCUT2D eigenvalue weighted by atomic mass is 35.5. The Kier molecular flexibility index (Phi) is 8.02. The predicted molar refractivity (Wildman–Crippen MR) is 145 cm³/mol. The van der Waals surface area contributed by atoms with Crippen LogP contribution in [0.1, 0.15) is 23.6 Å². The Bertz CT molecular complexity index is 1510. The van der Waals surface area contributed by atoms with E-state index < -0.39 is 32.0 Å². The van der Waals surface area contributed by atoms with Crippen molar-refractivity contribution in [1.82, 2.24) is 0 Å². The number of nitrogens with zero attached hydrogens (tertiary/aromatic N) is 1. The van der Waals surface area contributed by atoms with E-state index >= 15 is 0 Å². The average molecular weight is 550 g/mol. The summed E-state index contributed by atoms with van der Waals surface area (Å²) in [7, 11) is -7.67. The molecular formula is C25H28ClN3O5S2. The second-order valence-electron chi connectivity index (χ2n) is 8.53. The van der Waals surface area contributed by atoms with Gasteiger partial charge in [0.2, 0.25) is 15.9 Å². The number of nitrogens with one attached hydrogen (secondary N) is 2. The normalized spacial score (nSPS) is 12.6. The van der Waals surface area contributed by atoms with E-state index in [2.05, 4.69) is 10.0 Å². The van der Waals surface area contributed by atoms with Gasteiger partial charge in [0.05, 0.1) is 22.5 Å². The predicted octanol–water partition coefficient (Wildman–Crippen LogP) is 4.86. The van der Waals surface area contributed by atoms with Gasteiger partial charge in [0.25, 0.3) is 10.0 Å². The summed E-state index contributed by atoms with van der Waals surface area (Å²) in [5.74, 6) is -0.568. The van der Waals surface area contributed by atoms with Gasteiger partial charge in [-0.25, -0.2) is 16.8 Å². The van der Waals surface area contributed by atoms with Crippen LogP contribution < -0.4 is 14.3 Å².